The molecule has 0 unspecified atom stereocenters. The molecule has 0 aromatic carbocycles. The SMILES string of the molecule is O=C(Cn1cccc1CO)NC1CCOCC1. The van der Waals surface area contributed by atoms with Crippen LogP contribution in [-0.2, 0) is 22.7 Å². The van der Waals surface area contributed by atoms with Crippen LogP contribution in [0.1, 0.15) is 18.5 Å². The molecule has 2 rings (SSSR count). The normalized spacial score (nSPS) is 17.0. The Labute approximate surface area is 100 Å². The molecule has 5 heteroatoms. The van der Waals surface area contributed by atoms with Crippen molar-refractivity contribution in [2.75, 3.05) is 13.2 Å². The summed E-state index contributed by atoms with van der Waals surface area (Å²) in [7, 11) is 0. The molecule has 0 radical (unpaired) electrons. The highest BCUT2D eigenvalue weighted by molar-refractivity contribution is 5.76. The van der Waals surface area contributed by atoms with E-state index in [2.05, 4.69) is 5.32 Å². The molecule has 2 heterocycles. The standard InChI is InChI=1S/C12H18N2O3/c15-9-11-2-1-5-14(11)8-12(16)13-10-3-6-17-7-4-10/h1-2,5,10,15H,3-4,6-9H2,(H,13,16). The summed E-state index contributed by atoms with van der Waals surface area (Å²) in [4.78, 5) is 11.8. The van der Waals surface area contributed by atoms with E-state index in [1.54, 1.807) is 10.8 Å². The van der Waals surface area contributed by atoms with Crippen LogP contribution >= 0.6 is 0 Å². The quantitative estimate of drug-likeness (QED) is 0.791. The minimum atomic E-state index is -0.0441. The first-order valence-electron chi connectivity index (χ1n) is 5.91. The van der Waals surface area contributed by atoms with Crippen molar-refractivity contribution in [2.24, 2.45) is 0 Å². The van der Waals surface area contributed by atoms with E-state index in [0.29, 0.717) is 0 Å². The zero-order chi connectivity index (χ0) is 12.1. The first-order valence-corrected chi connectivity index (χ1v) is 5.91. The Kier molecular flexibility index (Phi) is 4.17. The average molecular weight is 238 g/mol. The maximum Gasteiger partial charge on any atom is 0.240 e. The Morgan fingerprint density at radius 1 is 1.53 bits per heavy atom. The second-order valence-corrected chi connectivity index (χ2v) is 4.24. The van der Waals surface area contributed by atoms with Crippen molar-refractivity contribution in [2.45, 2.75) is 32.0 Å². The number of nitrogens with one attached hydrogen (secondary N) is 1. The molecule has 1 amide bonds. The molecule has 0 aliphatic carbocycles. The third-order valence-electron chi connectivity index (χ3n) is 2.99. The largest absolute Gasteiger partial charge is 0.390 e. The van der Waals surface area contributed by atoms with Gasteiger partial charge in [-0.05, 0) is 25.0 Å². The lowest BCUT2D eigenvalue weighted by Crippen LogP contribution is -2.40. The number of hydrogen-bond acceptors (Lipinski definition) is 3. The first kappa shape index (κ1) is 12.1. The van der Waals surface area contributed by atoms with Crippen molar-refractivity contribution < 1.29 is 14.6 Å². The topological polar surface area (TPSA) is 63.5 Å². The summed E-state index contributed by atoms with van der Waals surface area (Å²) in [5, 5.41) is 12.1. The molecule has 1 aliphatic rings. The van der Waals surface area contributed by atoms with Gasteiger partial charge < -0.3 is 19.7 Å². The molecular weight excluding hydrogens is 220 g/mol. The fraction of sp³-hybridized carbons (Fsp3) is 0.583. The van der Waals surface area contributed by atoms with Gasteiger partial charge in [0.15, 0.2) is 0 Å². The van der Waals surface area contributed by atoms with Crippen LogP contribution in [0.3, 0.4) is 0 Å². The third kappa shape index (κ3) is 3.31. The molecule has 1 aliphatic heterocycles. The van der Waals surface area contributed by atoms with Crippen molar-refractivity contribution in [1.29, 1.82) is 0 Å². The maximum absolute atomic E-state index is 11.8. The predicted molar refractivity (Wildman–Crippen MR) is 62.3 cm³/mol. The lowest BCUT2D eigenvalue weighted by Gasteiger charge is -2.23. The minimum Gasteiger partial charge on any atom is -0.390 e. The van der Waals surface area contributed by atoms with Gasteiger partial charge in [0.2, 0.25) is 5.91 Å². The molecule has 0 spiro atoms. The highest BCUT2D eigenvalue weighted by Gasteiger charge is 2.16. The van der Waals surface area contributed by atoms with Gasteiger partial charge in [0.25, 0.3) is 0 Å². The van der Waals surface area contributed by atoms with E-state index < -0.39 is 0 Å². The summed E-state index contributed by atoms with van der Waals surface area (Å²) in [5.74, 6) is -0.0113. The number of rotatable bonds is 4. The molecule has 1 aromatic rings. The lowest BCUT2D eigenvalue weighted by molar-refractivity contribution is -0.123. The second-order valence-electron chi connectivity index (χ2n) is 4.24. The van der Waals surface area contributed by atoms with E-state index in [0.717, 1.165) is 31.7 Å². The van der Waals surface area contributed by atoms with E-state index in [9.17, 15) is 4.79 Å². The summed E-state index contributed by atoms with van der Waals surface area (Å²) >= 11 is 0. The number of nitrogens with zero attached hydrogens (tertiary/aromatic N) is 1. The molecule has 94 valence electrons. The van der Waals surface area contributed by atoms with Crippen LogP contribution in [0.2, 0.25) is 0 Å². The van der Waals surface area contributed by atoms with Gasteiger partial charge in [-0.15, -0.1) is 0 Å². The van der Waals surface area contributed by atoms with Crippen molar-refractivity contribution in [3.05, 3.63) is 24.0 Å². The number of hydrogen-bond donors (Lipinski definition) is 2. The zero-order valence-electron chi connectivity index (χ0n) is 9.76. The van der Waals surface area contributed by atoms with Crippen molar-refractivity contribution in [3.63, 3.8) is 0 Å². The number of ether oxygens (including phenoxy) is 1. The van der Waals surface area contributed by atoms with E-state index in [-0.39, 0.29) is 25.1 Å². The molecule has 1 saturated heterocycles. The summed E-state index contributed by atoms with van der Waals surface area (Å²) < 4.78 is 6.99. The van der Waals surface area contributed by atoms with Crippen molar-refractivity contribution in [1.82, 2.24) is 9.88 Å². The van der Waals surface area contributed by atoms with Crippen LogP contribution in [0.25, 0.3) is 0 Å². The second kappa shape index (κ2) is 5.84. The van der Waals surface area contributed by atoms with Crippen LogP contribution in [0, 0.1) is 0 Å². The summed E-state index contributed by atoms with van der Waals surface area (Å²) in [6.45, 7) is 1.66. The highest BCUT2D eigenvalue weighted by atomic mass is 16.5. The van der Waals surface area contributed by atoms with Crippen LogP contribution in [0.4, 0.5) is 0 Å². The molecule has 17 heavy (non-hydrogen) atoms. The Hall–Kier alpha value is -1.33. The summed E-state index contributed by atoms with van der Waals surface area (Å²) in [6.07, 6.45) is 3.56. The van der Waals surface area contributed by atoms with Gasteiger partial charge in [-0.25, -0.2) is 0 Å². The van der Waals surface area contributed by atoms with Gasteiger partial charge in [0.05, 0.1) is 6.61 Å². The van der Waals surface area contributed by atoms with E-state index in [1.807, 2.05) is 12.1 Å². The molecule has 1 aromatic heterocycles. The molecule has 0 bridgehead atoms. The number of aliphatic hydroxyl groups is 1. The van der Waals surface area contributed by atoms with Crippen LogP contribution < -0.4 is 5.32 Å². The van der Waals surface area contributed by atoms with Gasteiger partial charge in [0.1, 0.15) is 6.54 Å². The van der Waals surface area contributed by atoms with Crippen LogP contribution in [-0.4, -0.2) is 34.8 Å². The Balaban J connectivity index is 1.84. The minimum absolute atomic E-state index is 0.0113. The number of aliphatic hydroxyl groups excluding tert-OH is 1. The smallest absolute Gasteiger partial charge is 0.240 e. The van der Waals surface area contributed by atoms with Crippen LogP contribution in [0.15, 0.2) is 18.3 Å². The average Bonchev–Trinajstić information content (AvgIpc) is 2.77. The number of carbonyl (C=O) groups is 1. The monoisotopic (exact) mass is 238 g/mol. The number of aromatic nitrogens is 1. The van der Waals surface area contributed by atoms with E-state index in [1.165, 1.54) is 0 Å². The number of carbonyl (C=O) groups excluding carboxylic acids is 1. The predicted octanol–water partition coefficient (Wildman–Crippen LogP) is 0.276. The van der Waals surface area contributed by atoms with E-state index >= 15 is 0 Å². The summed E-state index contributed by atoms with van der Waals surface area (Å²) in [6, 6.07) is 3.86. The van der Waals surface area contributed by atoms with Gasteiger partial charge in [-0.1, -0.05) is 0 Å². The molecule has 5 nitrogen and oxygen atoms in total. The Morgan fingerprint density at radius 3 is 3.00 bits per heavy atom. The van der Waals surface area contributed by atoms with Gasteiger partial charge in [-0.2, -0.15) is 0 Å². The fourth-order valence-electron chi connectivity index (χ4n) is 2.02. The molecule has 0 atom stereocenters. The molecule has 2 N–H and O–H groups in total. The Bertz CT molecular complexity index is 370. The van der Waals surface area contributed by atoms with Gasteiger partial charge in [0, 0.05) is 31.1 Å². The first-order chi connectivity index (χ1) is 8.29. The maximum atomic E-state index is 11.8. The van der Waals surface area contributed by atoms with Crippen molar-refractivity contribution in [3.8, 4) is 0 Å². The zero-order valence-corrected chi connectivity index (χ0v) is 9.76. The van der Waals surface area contributed by atoms with Gasteiger partial charge >= 0.3 is 0 Å². The lowest BCUT2D eigenvalue weighted by atomic mass is 10.1. The summed E-state index contributed by atoms with van der Waals surface area (Å²) in [5.41, 5.74) is 0.757. The molecular formula is C12H18N2O3. The number of amides is 1. The molecule has 1 fully saturated rings. The highest BCUT2D eigenvalue weighted by Crippen LogP contribution is 2.07. The Morgan fingerprint density at radius 2 is 2.29 bits per heavy atom. The van der Waals surface area contributed by atoms with Crippen LogP contribution in [0.5, 0.6) is 0 Å². The van der Waals surface area contributed by atoms with Crippen molar-refractivity contribution >= 4 is 5.91 Å². The molecule has 0 saturated carbocycles. The van der Waals surface area contributed by atoms with E-state index in [4.69, 9.17) is 9.84 Å². The van der Waals surface area contributed by atoms with Gasteiger partial charge in [-0.3, -0.25) is 4.79 Å². The third-order valence-corrected chi connectivity index (χ3v) is 2.99. The fourth-order valence-corrected chi connectivity index (χ4v) is 2.02.